The van der Waals surface area contributed by atoms with Gasteiger partial charge in [-0.2, -0.15) is 5.10 Å². The van der Waals surface area contributed by atoms with Crippen molar-refractivity contribution < 1.29 is 0 Å². The van der Waals surface area contributed by atoms with Crippen molar-refractivity contribution in [1.82, 2.24) is 15.1 Å². The largest absolute Gasteiger partial charge is 0.315 e. The maximum Gasteiger partial charge on any atom is 0.0521 e. The standard InChI is InChI=1S/C18H27N3/c1-16(2)19-12-6-10-18-14-20-21(15-18)13-7-11-17-8-4-3-5-9-17/h3-5,8-9,14-16,19H,6-7,10-13H2,1-2H3. The molecule has 0 radical (unpaired) electrons. The first-order valence-electron chi connectivity index (χ1n) is 8.02. The molecule has 1 aromatic heterocycles. The third-order valence-corrected chi connectivity index (χ3v) is 3.58. The lowest BCUT2D eigenvalue weighted by Crippen LogP contribution is -2.23. The average molecular weight is 285 g/mol. The van der Waals surface area contributed by atoms with E-state index < -0.39 is 0 Å². The second-order valence-corrected chi connectivity index (χ2v) is 5.91. The van der Waals surface area contributed by atoms with E-state index in [4.69, 9.17) is 0 Å². The molecule has 1 aromatic carbocycles. The lowest BCUT2D eigenvalue weighted by molar-refractivity contribution is 0.568. The fraction of sp³-hybridized carbons (Fsp3) is 0.500. The van der Waals surface area contributed by atoms with Gasteiger partial charge in [-0.05, 0) is 43.4 Å². The number of hydrogen-bond acceptors (Lipinski definition) is 2. The van der Waals surface area contributed by atoms with Gasteiger partial charge in [-0.15, -0.1) is 0 Å². The summed E-state index contributed by atoms with van der Waals surface area (Å²) in [4.78, 5) is 0. The summed E-state index contributed by atoms with van der Waals surface area (Å²) in [5.74, 6) is 0. The summed E-state index contributed by atoms with van der Waals surface area (Å²) in [5, 5.41) is 7.91. The van der Waals surface area contributed by atoms with Gasteiger partial charge >= 0.3 is 0 Å². The minimum absolute atomic E-state index is 0.575. The summed E-state index contributed by atoms with van der Waals surface area (Å²) >= 11 is 0. The molecule has 0 unspecified atom stereocenters. The highest BCUT2D eigenvalue weighted by Crippen LogP contribution is 2.06. The average Bonchev–Trinajstić information content (AvgIpc) is 2.92. The molecule has 0 aliphatic rings. The number of benzene rings is 1. The van der Waals surface area contributed by atoms with E-state index in [9.17, 15) is 0 Å². The number of hydrogen-bond donors (Lipinski definition) is 1. The highest BCUT2D eigenvalue weighted by atomic mass is 15.3. The molecule has 0 bridgehead atoms. The first kappa shape index (κ1) is 15.8. The maximum atomic E-state index is 4.46. The maximum absolute atomic E-state index is 4.46. The van der Waals surface area contributed by atoms with Crippen LogP contribution in [0.25, 0.3) is 0 Å². The van der Waals surface area contributed by atoms with E-state index >= 15 is 0 Å². The lowest BCUT2D eigenvalue weighted by atomic mass is 10.1. The third-order valence-electron chi connectivity index (χ3n) is 3.58. The summed E-state index contributed by atoms with van der Waals surface area (Å²) in [6.07, 6.45) is 8.75. The molecule has 3 heteroatoms. The summed E-state index contributed by atoms with van der Waals surface area (Å²) in [6.45, 7) is 6.45. The van der Waals surface area contributed by atoms with Crippen molar-refractivity contribution in [2.45, 2.75) is 52.1 Å². The zero-order valence-corrected chi connectivity index (χ0v) is 13.3. The second-order valence-electron chi connectivity index (χ2n) is 5.91. The molecule has 0 amide bonds. The summed E-state index contributed by atoms with van der Waals surface area (Å²) < 4.78 is 2.08. The molecule has 0 spiro atoms. The fourth-order valence-corrected chi connectivity index (χ4v) is 2.43. The second kappa shape index (κ2) is 8.63. The van der Waals surface area contributed by atoms with Crippen LogP contribution in [0, 0.1) is 0 Å². The molecule has 2 aromatic rings. The Bertz CT molecular complexity index is 502. The molecule has 0 fully saturated rings. The predicted molar refractivity (Wildman–Crippen MR) is 88.4 cm³/mol. The van der Waals surface area contributed by atoms with Gasteiger partial charge in [-0.1, -0.05) is 44.2 Å². The molecular weight excluding hydrogens is 258 g/mol. The van der Waals surface area contributed by atoms with Crippen LogP contribution >= 0.6 is 0 Å². The van der Waals surface area contributed by atoms with Gasteiger partial charge in [-0.25, -0.2) is 0 Å². The normalized spacial score (nSPS) is 11.2. The minimum Gasteiger partial charge on any atom is -0.315 e. The number of aryl methyl sites for hydroxylation is 3. The smallest absolute Gasteiger partial charge is 0.0521 e. The van der Waals surface area contributed by atoms with Crippen LogP contribution in [0.4, 0.5) is 0 Å². The Balaban J connectivity index is 1.66. The van der Waals surface area contributed by atoms with Gasteiger partial charge in [0.05, 0.1) is 6.20 Å². The van der Waals surface area contributed by atoms with Crippen molar-refractivity contribution in [3.05, 3.63) is 53.9 Å². The van der Waals surface area contributed by atoms with E-state index in [0.717, 1.165) is 32.4 Å². The van der Waals surface area contributed by atoms with Gasteiger partial charge in [0.25, 0.3) is 0 Å². The van der Waals surface area contributed by atoms with Crippen LogP contribution in [0.3, 0.4) is 0 Å². The van der Waals surface area contributed by atoms with Crippen molar-refractivity contribution in [2.24, 2.45) is 0 Å². The molecule has 0 atom stereocenters. The van der Waals surface area contributed by atoms with Crippen LogP contribution in [-0.2, 0) is 19.4 Å². The summed E-state index contributed by atoms with van der Waals surface area (Å²) in [7, 11) is 0. The van der Waals surface area contributed by atoms with Crippen molar-refractivity contribution in [3.63, 3.8) is 0 Å². The SMILES string of the molecule is CC(C)NCCCc1cnn(CCCc2ccccc2)c1. The zero-order valence-electron chi connectivity index (χ0n) is 13.3. The van der Waals surface area contributed by atoms with Gasteiger partial charge in [-0.3, -0.25) is 4.68 Å². The Morgan fingerprint density at radius 3 is 2.57 bits per heavy atom. The lowest BCUT2D eigenvalue weighted by Gasteiger charge is -2.06. The Kier molecular flexibility index (Phi) is 6.48. The van der Waals surface area contributed by atoms with Gasteiger partial charge < -0.3 is 5.32 Å². The molecule has 3 nitrogen and oxygen atoms in total. The Hall–Kier alpha value is -1.61. The molecular formula is C18H27N3. The quantitative estimate of drug-likeness (QED) is 0.715. The van der Waals surface area contributed by atoms with Gasteiger partial charge in [0, 0.05) is 18.8 Å². The molecule has 0 saturated heterocycles. The Morgan fingerprint density at radius 2 is 1.81 bits per heavy atom. The van der Waals surface area contributed by atoms with Crippen molar-refractivity contribution in [3.8, 4) is 0 Å². The molecule has 1 N–H and O–H groups in total. The number of rotatable bonds is 9. The van der Waals surface area contributed by atoms with E-state index in [2.05, 4.69) is 65.5 Å². The van der Waals surface area contributed by atoms with Gasteiger partial charge in [0.2, 0.25) is 0 Å². The van der Waals surface area contributed by atoms with Crippen molar-refractivity contribution in [1.29, 1.82) is 0 Å². The third kappa shape index (κ3) is 6.13. The van der Waals surface area contributed by atoms with Crippen LogP contribution in [0.15, 0.2) is 42.7 Å². The molecule has 0 aliphatic carbocycles. The van der Waals surface area contributed by atoms with Crippen LogP contribution in [-0.4, -0.2) is 22.4 Å². The van der Waals surface area contributed by atoms with E-state index in [1.165, 1.54) is 17.5 Å². The molecule has 2 rings (SSSR count). The first-order valence-corrected chi connectivity index (χ1v) is 8.02. The summed E-state index contributed by atoms with van der Waals surface area (Å²) in [5.41, 5.74) is 2.75. The Morgan fingerprint density at radius 1 is 1.05 bits per heavy atom. The topological polar surface area (TPSA) is 29.9 Å². The highest BCUT2D eigenvalue weighted by molar-refractivity contribution is 5.14. The van der Waals surface area contributed by atoms with E-state index in [0.29, 0.717) is 6.04 Å². The highest BCUT2D eigenvalue weighted by Gasteiger charge is 2.00. The fourth-order valence-electron chi connectivity index (χ4n) is 2.43. The van der Waals surface area contributed by atoms with Crippen LogP contribution in [0.5, 0.6) is 0 Å². The first-order chi connectivity index (χ1) is 10.2. The molecule has 0 saturated carbocycles. The Labute approximate surface area is 128 Å². The van der Waals surface area contributed by atoms with Crippen molar-refractivity contribution in [2.75, 3.05) is 6.54 Å². The molecule has 1 heterocycles. The minimum atomic E-state index is 0.575. The number of nitrogens with one attached hydrogen (secondary N) is 1. The van der Waals surface area contributed by atoms with Crippen LogP contribution in [0.2, 0.25) is 0 Å². The van der Waals surface area contributed by atoms with Crippen LogP contribution in [0.1, 0.15) is 37.8 Å². The summed E-state index contributed by atoms with van der Waals surface area (Å²) in [6, 6.07) is 11.2. The molecule has 114 valence electrons. The van der Waals surface area contributed by atoms with Crippen molar-refractivity contribution >= 4 is 0 Å². The van der Waals surface area contributed by atoms with E-state index in [1.807, 2.05) is 6.20 Å². The zero-order chi connectivity index (χ0) is 14.9. The van der Waals surface area contributed by atoms with E-state index in [1.54, 1.807) is 0 Å². The molecule has 0 aliphatic heterocycles. The van der Waals surface area contributed by atoms with Gasteiger partial charge in [0.1, 0.15) is 0 Å². The number of aromatic nitrogens is 2. The molecule has 21 heavy (non-hydrogen) atoms. The monoisotopic (exact) mass is 285 g/mol. The predicted octanol–water partition coefficient (Wildman–Crippen LogP) is 3.45. The van der Waals surface area contributed by atoms with Crippen LogP contribution < -0.4 is 5.32 Å². The number of nitrogens with zero attached hydrogens (tertiary/aromatic N) is 2. The van der Waals surface area contributed by atoms with E-state index in [-0.39, 0.29) is 0 Å². The van der Waals surface area contributed by atoms with Gasteiger partial charge in [0.15, 0.2) is 0 Å².